The van der Waals surface area contributed by atoms with Gasteiger partial charge in [0.1, 0.15) is 12.4 Å². The van der Waals surface area contributed by atoms with Gasteiger partial charge in [-0.1, -0.05) is 26.0 Å². The topological polar surface area (TPSA) is 55.3 Å². The molecule has 30 heavy (non-hydrogen) atoms. The molecule has 1 heterocycles. The summed E-state index contributed by atoms with van der Waals surface area (Å²) in [4.78, 5) is 7.09. The van der Waals surface area contributed by atoms with Gasteiger partial charge in [0, 0.05) is 40.0 Å². The van der Waals surface area contributed by atoms with Crippen molar-refractivity contribution in [3.63, 3.8) is 0 Å². The Morgan fingerprint density at radius 2 is 1.83 bits per heavy atom. The minimum absolute atomic E-state index is 0. The van der Waals surface area contributed by atoms with Crippen molar-refractivity contribution in [2.75, 3.05) is 53.1 Å². The van der Waals surface area contributed by atoms with Crippen molar-refractivity contribution < 1.29 is 14.2 Å². The maximum absolute atomic E-state index is 5.96. The van der Waals surface area contributed by atoms with E-state index in [4.69, 9.17) is 19.2 Å². The molecular formula is C23H40IN3O3. The maximum atomic E-state index is 5.96. The molecule has 0 radical (unpaired) electrons. The number of hydrogen-bond donors (Lipinski definition) is 1. The second kappa shape index (κ2) is 15.7. The lowest BCUT2D eigenvalue weighted by Gasteiger charge is -2.34. The monoisotopic (exact) mass is 533 g/mol. The Hall–Kier alpha value is -1.06. The van der Waals surface area contributed by atoms with E-state index in [1.54, 1.807) is 7.11 Å². The standard InChI is InChI=1S/C23H39N3O3.HI/c1-5-24-23(26-14-11-22(12-15-26)28-17-6-16-27-4)25-13-18-29-21-9-7-20(8-10-21)19(2)3;/h7-10,19,22H,5-6,11-18H2,1-4H3,(H,24,25);1H. The summed E-state index contributed by atoms with van der Waals surface area (Å²) in [6.45, 7) is 12.1. The van der Waals surface area contributed by atoms with E-state index in [-0.39, 0.29) is 24.0 Å². The fourth-order valence-corrected chi connectivity index (χ4v) is 3.38. The van der Waals surface area contributed by atoms with Crippen molar-refractivity contribution in [3.05, 3.63) is 29.8 Å². The van der Waals surface area contributed by atoms with Gasteiger partial charge in [-0.05, 0) is 49.8 Å². The number of piperidine rings is 1. The first-order valence-electron chi connectivity index (χ1n) is 11.0. The zero-order valence-corrected chi connectivity index (χ0v) is 21.4. The molecule has 1 N–H and O–H groups in total. The molecule has 1 fully saturated rings. The van der Waals surface area contributed by atoms with Crippen molar-refractivity contribution in [3.8, 4) is 5.75 Å². The first kappa shape index (κ1) is 27.0. The van der Waals surface area contributed by atoms with Crippen LogP contribution in [0.4, 0.5) is 0 Å². The highest BCUT2D eigenvalue weighted by Gasteiger charge is 2.21. The quantitative estimate of drug-likeness (QED) is 0.199. The van der Waals surface area contributed by atoms with Crippen molar-refractivity contribution >= 4 is 29.9 Å². The van der Waals surface area contributed by atoms with Crippen LogP contribution in [-0.4, -0.2) is 70.1 Å². The summed E-state index contributed by atoms with van der Waals surface area (Å²) in [6.07, 6.45) is 3.39. The number of aliphatic imine (C=N–C) groups is 1. The van der Waals surface area contributed by atoms with Crippen molar-refractivity contribution in [2.24, 2.45) is 4.99 Å². The highest BCUT2D eigenvalue weighted by atomic mass is 127. The third-order valence-corrected chi connectivity index (χ3v) is 5.09. The molecule has 1 aromatic carbocycles. The van der Waals surface area contributed by atoms with E-state index in [1.807, 2.05) is 12.1 Å². The van der Waals surface area contributed by atoms with E-state index in [0.29, 0.717) is 25.2 Å². The largest absolute Gasteiger partial charge is 0.492 e. The van der Waals surface area contributed by atoms with Crippen LogP contribution >= 0.6 is 24.0 Å². The second-order valence-corrected chi connectivity index (χ2v) is 7.71. The number of nitrogens with zero attached hydrogens (tertiary/aromatic N) is 2. The fraction of sp³-hybridized carbons (Fsp3) is 0.696. The Bertz CT molecular complexity index is 588. The Morgan fingerprint density at radius 3 is 2.43 bits per heavy atom. The number of hydrogen-bond acceptors (Lipinski definition) is 4. The summed E-state index contributed by atoms with van der Waals surface area (Å²) in [5, 5.41) is 3.41. The Balaban J connectivity index is 0.00000450. The van der Waals surface area contributed by atoms with E-state index >= 15 is 0 Å². The number of likely N-dealkylation sites (tertiary alicyclic amines) is 1. The van der Waals surface area contributed by atoms with E-state index in [0.717, 1.165) is 63.8 Å². The third-order valence-electron chi connectivity index (χ3n) is 5.09. The summed E-state index contributed by atoms with van der Waals surface area (Å²) in [5.41, 5.74) is 1.33. The Kier molecular flexibility index (Phi) is 14.1. The van der Waals surface area contributed by atoms with Gasteiger partial charge < -0.3 is 24.4 Å². The van der Waals surface area contributed by atoms with Crippen LogP contribution in [0.25, 0.3) is 0 Å². The molecule has 172 valence electrons. The lowest BCUT2D eigenvalue weighted by Crippen LogP contribution is -2.47. The van der Waals surface area contributed by atoms with Gasteiger partial charge in [0.25, 0.3) is 0 Å². The van der Waals surface area contributed by atoms with Crippen LogP contribution in [0, 0.1) is 0 Å². The van der Waals surface area contributed by atoms with Crippen LogP contribution in [0.2, 0.25) is 0 Å². The van der Waals surface area contributed by atoms with E-state index in [2.05, 4.69) is 43.1 Å². The minimum atomic E-state index is 0. The molecule has 6 nitrogen and oxygen atoms in total. The summed E-state index contributed by atoms with van der Waals surface area (Å²) in [6, 6.07) is 8.35. The summed E-state index contributed by atoms with van der Waals surface area (Å²) in [5.74, 6) is 2.42. The number of guanidine groups is 1. The lowest BCUT2D eigenvalue weighted by atomic mass is 10.0. The van der Waals surface area contributed by atoms with Crippen LogP contribution < -0.4 is 10.1 Å². The molecule has 1 saturated heterocycles. The molecule has 0 unspecified atom stereocenters. The highest BCUT2D eigenvalue weighted by molar-refractivity contribution is 14.0. The maximum Gasteiger partial charge on any atom is 0.194 e. The second-order valence-electron chi connectivity index (χ2n) is 7.71. The van der Waals surface area contributed by atoms with Crippen LogP contribution in [-0.2, 0) is 9.47 Å². The molecule has 1 aliphatic rings. The van der Waals surface area contributed by atoms with Gasteiger partial charge in [0.15, 0.2) is 5.96 Å². The number of nitrogens with one attached hydrogen (secondary N) is 1. The van der Waals surface area contributed by atoms with E-state index in [9.17, 15) is 0 Å². The zero-order chi connectivity index (χ0) is 20.9. The van der Waals surface area contributed by atoms with Gasteiger partial charge in [-0.25, -0.2) is 4.99 Å². The molecule has 0 saturated carbocycles. The summed E-state index contributed by atoms with van der Waals surface area (Å²) >= 11 is 0. The molecule has 0 aliphatic carbocycles. The molecule has 1 aromatic rings. The smallest absolute Gasteiger partial charge is 0.194 e. The summed E-state index contributed by atoms with van der Waals surface area (Å²) in [7, 11) is 1.73. The van der Waals surface area contributed by atoms with Crippen molar-refractivity contribution in [2.45, 2.75) is 52.1 Å². The third kappa shape index (κ3) is 9.83. The Morgan fingerprint density at radius 1 is 1.13 bits per heavy atom. The van der Waals surface area contributed by atoms with Gasteiger partial charge >= 0.3 is 0 Å². The average Bonchev–Trinajstić information content (AvgIpc) is 2.74. The van der Waals surface area contributed by atoms with Gasteiger partial charge in [0.2, 0.25) is 0 Å². The predicted molar refractivity (Wildman–Crippen MR) is 134 cm³/mol. The zero-order valence-electron chi connectivity index (χ0n) is 19.1. The lowest BCUT2D eigenvalue weighted by molar-refractivity contribution is 0.00990. The Labute approximate surface area is 199 Å². The minimum Gasteiger partial charge on any atom is -0.492 e. The molecule has 0 atom stereocenters. The fourth-order valence-electron chi connectivity index (χ4n) is 3.38. The van der Waals surface area contributed by atoms with Gasteiger partial charge in [0.05, 0.1) is 12.6 Å². The SMILES string of the molecule is CCNC(=NCCOc1ccc(C(C)C)cc1)N1CCC(OCCCOC)CC1.I. The van der Waals surface area contributed by atoms with E-state index in [1.165, 1.54) is 5.56 Å². The van der Waals surface area contributed by atoms with Gasteiger partial charge in [-0.2, -0.15) is 0 Å². The summed E-state index contributed by atoms with van der Waals surface area (Å²) < 4.78 is 16.9. The molecular weight excluding hydrogens is 493 g/mol. The molecule has 2 rings (SSSR count). The van der Waals surface area contributed by atoms with Crippen LogP contribution in [0.1, 0.15) is 51.5 Å². The number of ether oxygens (including phenoxy) is 3. The molecule has 0 amide bonds. The van der Waals surface area contributed by atoms with E-state index < -0.39 is 0 Å². The highest BCUT2D eigenvalue weighted by Crippen LogP contribution is 2.18. The normalized spacial score (nSPS) is 15.2. The van der Waals surface area contributed by atoms with Crippen molar-refractivity contribution in [1.29, 1.82) is 0 Å². The van der Waals surface area contributed by atoms with Crippen molar-refractivity contribution in [1.82, 2.24) is 10.2 Å². The first-order chi connectivity index (χ1) is 14.1. The number of halogens is 1. The molecule has 0 spiro atoms. The van der Waals surface area contributed by atoms with Crippen LogP contribution in [0.15, 0.2) is 29.3 Å². The first-order valence-corrected chi connectivity index (χ1v) is 11.0. The number of benzene rings is 1. The van der Waals surface area contributed by atoms with Gasteiger partial charge in [-0.15, -0.1) is 24.0 Å². The predicted octanol–water partition coefficient (Wildman–Crippen LogP) is 4.29. The van der Waals surface area contributed by atoms with Crippen LogP contribution in [0.5, 0.6) is 5.75 Å². The molecule has 0 bridgehead atoms. The van der Waals surface area contributed by atoms with Crippen LogP contribution in [0.3, 0.4) is 0 Å². The molecule has 7 heteroatoms. The number of methoxy groups -OCH3 is 1. The molecule has 1 aliphatic heterocycles. The average molecular weight is 533 g/mol. The number of rotatable bonds is 11. The molecule has 0 aromatic heterocycles. The van der Waals surface area contributed by atoms with Gasteiger partial charge in [-0.3, -0.25) is 0 Å².